The summed E-state index contributed by atoms with van der Waals surface area (Å²) in [6.07, 6.45) is 4.25. The summed E-state index contributed by atoms with van der Waals surface area (Å²) in [5, 5.41) is 5.30. The van der Waals surface area contributed by atoms with Crippen LogP contribution in [0, 0.1) is 0 Å². The third kappa shape index (κ3) is 4.10. The van der Waals surface area contributed by atoms with E-state index in [0.717, 1.165) is 38.9 Å². The molecule has 138 valence electrons. The fraction of sp³-hybridized carbons (Fsp3) is 0.476. The minimum absolute atomic E-state index is 0.0955. The Morgan fingerprint density at radius 3 is 2.73 bits per heavy atom. The van der Waals surface area contributed by atoms with Crippen molar-refractivity contribution in [3.63, 3.8) is 0 Å². The highest BCUT2D eigenvalue weighted by atomic mass is 32.1. The molecule has 1 N–H and O–H groups in total. The average molecular weight is 370 g/mol. The standard InChI is InChI=1S/C21H27N3OS/c25-21(22-11-6-17-4-2-1-3-5-17)23-12-7-19(8-13-23)24-14-9-20-18(16-24)10-15-26-20/h1-5,10,15,19H,6-9,11-14,16H2,(H,22,25). The van der Waals surface area contributed by atoms with Gasteiger partial charge in [0.15, 0.2) is 0 Å². The first-order valence-corrected chi connectivity index (χ1v) is 10.5. The predicted octanol–water partition coefficient (Wildman–Crippen LogP) is 3.52. The molecule has 1 aromatic carbocycles. The SMILES string of the molecule is O=C(NCCc1ccccc1)N1CCC(N2CCc3sccc3C2)CC1. The van der Waals surface area contributed by atoms with E-state index in [4.69, 9.17) is 0 Å². The van der Waals surface area contributed by atoms with Gasteiger partial charge in [0.1, 0.15) is 0 Å². The molecule has 0 spiro atoms. The number of carbonyl (C=O) groups excluding carboxylic acids is 1. The molecule has 2 aliphatic rings. The number of carbonyl (C=O) groups is 1. The van der Waals surface area contributed by atoms with Crippen LogP contribution in [0.3, 0.4) is 0 Å². The molecule has 1 aromatic heterocycles. The van der Waals surface area contributed by atoms with Gasteiger partial charge in [0.2, 0.25) is 0 Å². The lowest BCUT2D eigenvalue weighted by atomic mass is 10.00. The number of likely N-dealkylation sites (tertiary alicyclic amines) is 1. The van der Waals surface area contributed by atoms with Crippen molar-refractivity contribution in [2.24, 2.45) is 0 Å². The first-order valence-electron chi connectivity index (χ1n) is 9.65. The first-order chi connectivity index (χ1) is 12.8. The van der Waals surface area contributed by atoms with E-state index in [1.54, 1.807) is 4.88 Å². The number of fused-ring (bicyclic) bond motifs is 1. The minimum atomic E-state index is 0.0955. The van der Waals surface area contributed by atoms with Crippen LogP contribution in [0.25, 0.3) is 0 Å². The van der Waals surface area contributed by atoms with Gasteiger partial charge < -0.3 is 10.2 Å². The van der Waals surface area contributed by atoms with E-state index in [1.807, 2.05) is 34.4 Å². The molecule has 0 atom stereocenters. The van der Waals surface area contributed by atoms with E-state index in [2.05, 4.69) is 33.8 Å². The Kier molecular flexibility index (Phi) is 5.56. The van der Waals surface area contributed by atoms with Gasteiger partial charge in [-0.1, -0.05) is 30.3 Å². The lowest BCUT2D eigenvalue weighted by Crippen LogP contribution is -2.50. The van der Waals surface area contributed by atoms with E-state index in [1.165, 1.54) is 24.1 Å². The number of hydrogen-bond donors (Lipinski definition) is 1. The molecule has 0 bridgehead atoms. The molecular weight excluding hydrogens is 342 g/mol. The fourth-order valence-corrected chi connectivity index (χ4v) is 4.98. The molecule has 5 heteroatoms. The fourth-order valence-electron chi connectivity index (χ4n) is 4.09. The van der Waals surface area contributed by atoms with Crippen molar-refractivity contribution in [1.82, 2.24) is 15.1 Å². The third-order valence-electron chi connectivity index (χ3n) is 5.64. The molecule has 4 nitrogen and oxygen atoms in total. The van der Waals surface area contributed by atoms with Crippen molar-refractivity contribution >= 4 is 17.4 Å². The van der Waals surface area contributed by atoms with Crippen molar-refractivity contribution in [1.29, 1.82) is 0 Å². The Morgan fingerprint density at radius 1 is 1.12 bits per heavy atom. The maximum Gasteiger partial charge on any atom is 0.317 e. The van der Waals surface area contributed by atoms with E-state index in [-0.39, 0.29) is 6.03 Å². The first kappa shape index (κ1) is 17.6. The minimum Gasteiger partial charge on any atom is -0.338 e. The van der Waals surface area contributed by atoms with Gasteiger partial charge >= 0.3 is 6.03 Å². The molecule has 2 amide bonds. The van der Waals surface area contributed by atoms with Gasteiger partial charge in [0.25, 0.3) is 0 Å². The molecule has 2 aromatic rings. The molecule has 0 radical (unpaired) electrons. The molecule has 2 aliphatic heterocycles. The summed E-state index contributed by atoms with van der Waals surface area (Å²) in [5.41, 5.74) is 2.78. The van der Waals surface area contributed by atoms with Gasteiger partial charge in [-0.25, -0.2) is 4.79 Å². The largest absolute Gasteiger partial charge is 0.338 e. The van der Waals surface area contributed by atoms with Crippen LogP contribution in [-0.2, 0) is 19.4 Å². The lowest BCUT2D eigenvalue weighted by Gasteiger charge is -2.40. The van der Waals surface area contributed by atoms with Gasteiger partial charge in [-0.05, 0) is 48.3 Å². The smallest absolute Gasteiger partial charge is 0.317 e. The van der Waals surface area contributed by atoms with E-state index in [0.29, 0.717) is 12.6 Å². The van der Waals surface area contributed by atoms with Crippen LogP contribution in [0.4, 0.5) is 4.79 Å². The zero-order valence-corrected chi connectivity index (χ0v) is 16.0. The van der Waals surface area contributed by atoms with Crippen molar-refractivity contribution < 1.29 is 4.79 Å². The summed E-state index contributed by atoms with van der Waals surface area (Å²) in [4.78, 5) is 18.6. The zero-order chi connectivity index (χ0) is 17.8. The number of thiophene rings is 1. The summed E-state index contributed by atoms with van der Waals surface area (Å²) < 4.78 is 0. The normalized spacial score (nSPS) is 18.5. The van der Waals surface area contributed by atoms with Crippen molar-refractivity contribution in [3.05, 3.63) is 57.8 Å². The summed E-state index contributed by atoms with van der Waals surface area (Å²) in [5.74, 6) is 0. The Morgan fingerprint density at radius 2 is 1.92 bits per heavy atom. The average Bonchev–Trinajstić information content (AvgIpc) is 3.17. The Balaban J connectivity index is 1.20. The second kappa shape index (κ2) is 8.23. The van der Waals surface area contributed by atoms with Crippen molar-refractivity contribution in [3.8, 4) is 0 Å². The van der Waals surface area contributed by atoms with Crippen molar-refractivity contribution in [2.45, 2.75) is 38.3 Å². The number of piperidine rings is 1. The van der Waals surface area contributed by atoms with Gasteiger partial charge in [-0.15, -0.1) is 11.3 Å². The molecule has 0 saturated carbocycles. The molecule has 4 rings (SSSR count). The zero-order valence-electron chi connectivity index (χ0n) is 15.2. The van der Waals surface area contributed by atoms with Crippen LogP contribution in [0.15, 0.2) is 41.8 Å². The van der Waals surface area contributed by atoms with Gasteiger partial charge in [0, 0.05) is 43.6 Å². The maximum absolute atomic E-state index is 12.4. The number of nitrogens with zero attached hydrogens (tertiary/aromatic N) is 2. The molecular formula is C21H27N3OS. The number of urea groups is 1. The van der Waals surface area contributed by atoms with Crippen LogP contribution in [0.5, 0.6) is 0 Å². The Hall–Kier alpha value is -1.85. The Labute approximate surface area is 159 Å². The third-order valence-corrected chi connectivity index (χ3v) is 6.66. The van der Waals surface area contributed by atoms with Crippen LogP contribution in [0.1, 0.15) is 28.8 Å². The van der Waals surface area contributed by atoms with Crippen LogP contribution in [0.2, 0.25) is 0 Å². The lowest BCUT2D eigenvalue weighted by molar-refractivity contribution is 0.108. The predicted molar refractivity (Wildman–Crippen MR) is 107 cm³/mol. The number of nitrogens with one attached hydrogen (secondary N) is 1. The van der Waals surface area contributed by atoms with Crippen LogP contribution < -0.4 is 5.32 Å². The summed E-state index contributed by atoms with van der Waals surface area (Å²) >= 11 is 1.90. The van der Waals surface area contributed by atoms with Gasteiger partial charge in [0.05, 0.1) is 0 Å². The number of rotatable bonds is 4. The van der Waals surface area contributed by atoms with E-state index < -0.39 is 0 Å². The summed E-state index contributed by atoms with van der Waals surface area (Å²) in [6.45, 7) is 4.70. The second-order valence-corrected chi connectivity index (χ2v) is 8.28. The van der Waals surface area contributed by atoms with Gasteiger partial charge in [-0.3, -0.25) is 4.90 Å². The molecule has 0 aliphatic carbocycles. The Bertz CT molecular complexity index is 722. The van der Waals surface area contributed by atoms with E-state index in [9.17, 15) is 4.79 Å². The summed E-state index contributed by atoms with van der Waals surface area (Å²) in [7, 11) is 0. The monoisotopic (exact) mass is 369 g/mol. The van der Waals surface area contributed by atoms with E-state index >= 15 is 0 Å². The van der Waals surface area contributed by atoms with Crippen LogP contribution in [-0.4, -0.2) is 48.1 Å². The molecule has 0 unspecified atom stereocenters. The number of amides is 2. The number of benzene rings is 1. The topological polar surface area (TPSA) is 35.6 Å². The molecule has 3 heterocycles. The second-order valence-electron chi connectivity index (χ2n) is 7.28. The van der Waals surface area contributed by atoms with Gasteiger partial charge in [-0.2, -0.15) is 0 Å². The van der Waals surface area contributed by atoms with Crippen LogP contribution >= 0.6 is 11.3 Å². The highest BCUT2D eigenvalue weighted by molar-refractivity contribution is 7.10. The van der Waals surface area contributed by atoms with Crippen molar-refractivity contribution in [2.75, 3.05) is 26.2 Å². The molecule has 1 fully saturated rings. The maximum atomic E-state index is 12.4. The molecule has 26 heavy (non-hydrogen) atoms. The number of hydrogen-bond acceptors (Lipinski definition) is 3. The summed E-state index contributed by atoms with van der Waals surface area (Å²) in [6, 6.07) is 13.3. The quantitative estimate of drug-likeness (QED) is 0.895. The highest BCUT2D eigenvalue weighted by Gasteiger charge is 2.29. The molecule has 1 saturated heterocycles. The highest BCUT2D eigenvalue weighted by Crippen LogP contribution is 2.28.